The average molecular weight is 508 g/mol. The van der Waals surface area contributed by atoms with E-state index in [4.69, 9.17) is 39.9 Å². The Morgan fingerprint density at radius 3 is 2.53 bits per heavy atom. The second-order valence-corrected chi connectivity index (χ2v) is 10.3. The lowest BCUT2D eigenvalue weighted by atomic mass is 10.0. The van der Waals surface area contributed by atoms with Crippen molar-refractivity contribution in [2.45, 2.75) is 30.6 Å². The van der Waals surface area contributed by atoms with Gasteiger partial charge in [-0.1, -0.05) is 47.3 Å². The summed E-state index contributed by atoms with van der Waals surface area (Å²) in [5.41, 5.74) is 6.95. The molecule has 1 N–H and O–H groups in total. The van der Waals surface area contributed by atoms with Crippen molar-refractivity contribution < 1.29 is 4.79 Å². The second kappa shape index (κ2) is 9.27. The van der Waals surface area contributed by atoms with Crippen molar-refractivity contribution in [2.24, 2.45) is 0 Å². The molecular formula is C23H21Cl3N4OS. The number of carbonyl (C=O) groups excluding carboxylic acids is 1. The molecule has 0 aliphatic carbocycles. The normalized spacial score (nSPS) is 16.2. The summed E-state index contributed by atoms with van der Waals surface area (Å²) >= 11 is 20.7. The maximum absolute atomic E-state index is 13.3. The zero-order chi connectivity index (χ0) is 22.2. The summed E-state index contributed by atoms with van der Waals surface area (Å²) in [6.45, 7) is 1.71. The number of fused-ring (bicyclic) bond motifs is 3. The molecule has 5 nitrogen and oxygen atoms in total. The van der Waals surface area contributed by atoms with E-state index in [-0.39, 0.29) is 5.91 Å². The van der Waals surface area contributed by atoms with E-state index in [9.17, 15) is 4.79 Å². The highest BCUT2D eigenvalue weighted by Gasteiger charge is 2.29. The highest BCUT2D eigenvalue weighted by molar-refractivity contribution is 7.99. The Morgan fingerprint density at radius 2 is 1.75 bits per heavy atom. The Balaban J connectivity index is 1.66. The van der Waals surface area contributed by atoms with Crippen LogP contribution in [0.2, 0.25) is 15.1 Å². The van der Waals surface area contributed by atoms with Crippen LogP contribution in [0.4, 0.5) is 0 Å². The molecule has 0 saturated carbocycles. The molecule has 32 heavy (non-hydrogen) atoms. The fraction of sp³-hybridized carbons (Fsp3) is 0.304. The number of amides is 1. The lowest BCUT2D eigenvalue weighted by Gasteiger charge is -2.26. The Bertz CT molecular complexity index is 1190. The number of benzene rings is 2. The number of hydrazine groups is 1. The summed E-state index contributed by atoms with van der Waals surface area (Å²) in [5.74, 6) is 0.638. The minimum absolute atomic E-state index is 0.186. The first-order chi connectivity index (χ1) is 15.5. The predicted molar refractivity (Wildman–Crippen MR) is 131 cm³/mol. The van der Waals surface area contributed by atoms with E-state index in [1.165, 1.54) is 6.42 Å². The number of nitrogens with zero attached hydrogens (tertiary/aromatic N) is 3. The van der Waals surface area contributed by atoms with Gasteiger partial charge in [0.15, 0.2) is 5.69 Å². The molecule has 0 unspecified atom stereocenters. The predicted octanol–water partition coefficient (Wildman–Crippen LogP) is 6.28. The fourth-order valence-electron chi connectivity index (χ4n) is 4.25. The van der Waals surface area contributed by atoms with Crippen LogP contribution in [0.15, 0.2) is 41.3 Å². The Morgan fingerprint density at radius 1 is 1.00 bits per heavy atom. The van der Waals surface area contributed by atoms with Gasteiger partial charge in [-0.25, -0.2) is 9.69 Å². The molecule has 2 aliphatic heterocycles. The molecular weight excluding hydrogens is 487 g/mol. The lowest BCUT2D eigenvalue weighted by Crippen LogP contribution is -2.45. The first kappa shape index (κ1) is 22.1. The lowest BCUT2D eigenvalue weighted by molar-refractivity contribution is 0.0743. The van der Waals surface area contributed by atoms with E-state index in [2.05, 4.69) is 5.43 Å². The monoisotopic (exact) mass is 506 g/mol. The third-order valence-electron chi connectivity index (χ3n) is 5.76. The summed E-state index contributed by atoms with van der Waals surface area (Å²) < 4.78 is 1.78. The number of thioether (sulfide) groups is 1. The Labute approximate surface area is 206 Å². The summed E-state index contributed by atoms with van der Waals surface area (Å²) in [7, 11) is 0. The number of aromatic nitrogens is 2. The smallest absolute Gasteiger partial charge is 0.283 e. The van der Waals surface area contributed by atoms with Gasteiger partial charge >= 0.3 is 0 Å². The van der Waals surface area contributed by atoms with Gasteiger partial charge < -0.3 is 0 Å². The molecule has 3 heterocycles. The van der Waals surface area contributed by atoms with Gasteiger partial charge in [0.1, 0.15) is 0 Å². The summed E-state index contributed by atoms with van der Waals surface area (Å²) in [6, 6.07) is 11.1. The van der Waals surface area contributed by atoms with Gasteiger partial charge in [-0.2, -0.15) is 5.10 Å². The molecule has 1 fully saturated rings. The van der Waals surface area contributed by atoms with Crippen molar-refractivity contribution in [3.05, 3.63) is 62.7 Å². The molecule has 2 aromatic carbocycles. The van der Waals surface area contributed by atoms with Gasteiger partial charge in [-0.05, 0) is 49.6 Å². The minimum atomic E-state index is -0.186. The Hall–Kier alpha value is -1.70. The van der Waals surface area contributed by atoms with Gasteiger partial charge in [-0.3, -0.25) is 10.2 Å². The quantitative estimate of drug-likeness (QED) is 0.453. The maximum Gasteiger partial charge on any atom is 0.286 e. The number of hydrogen-bond donors (Lipinski definition) is 1. The summed E-state index contributed by atoms with van der Waals surface area (Å²) in [4.78, 5) is 14.4. The van der Waals surface area contributed by atoms with Gasteiger partial charge in [0.25, 0.3) is 5.91 Å². The standard InChI is InChI=1S/C23H21Cl3N4OS/c24-14-5-7-19(18(26)12-14)30-22-16-6-4-15(25)13-20(16)32-11-8-17(22)21(27-30)23(31)28-29-9-2-1-3-10-29/h4-7,12-13H,1-3,8-11H2,(H,28,31). The zero-order valence-electron chi connectivity index (χ0n) is 17.2. The van der Waals surface area contributed by atoms with Crippen molar-refractivity contribution >= 4 is 52.5 Å². The van der Waals surface area contributed by atoms with Crippen molar-refractivity contribution in [3.63, 3.8) is 0 Å². The van der Waals surface area contributed by atoms with Crippen LogP contribution in [0.3, 0.4) is 0 Å². The molecule has 9 heteroatoms. The van der Waals surface area contributed by atoms with Gasteiger partial charge in [-0.15, -0.1) is 11.8 Å². The van der Waals surface area contributed by atoms with Gasteiger partial charge in [0.05, 0.1) is 16.4 Å². The molecule has 2 aliphatic rings. The minimum Gasteiger partial charge on any atom is -0.283 e. The largest absolute Gasteiger partial charge is 0.286 e. The number of nitrogens with one attached hydrogen (secondary N) is 1. The van der Waals surface area contributed by atoms with E-state index >= 15 is 0 Å². The van der Waals surface area contributed by atoms with Crippen LogP contribution in [0.25, 0.3) is 16.9 Å². The van der Waals surface area contributed by atoms with Gasteiger partial charge in [0, 0.05) is 44.9 Å². The van der Waals surface area contributed by atoms with Crippen molar-refractivity contribution in [3.8, 4) is 16.9 Å². The first-order valence-electron chi connectivity index (χ1n) is 10.6. The molecule has 1 amide bonds. The zero-order valence-corrected chi connectivity index (χ0v) is 20.3. The van der Waals surface area contributed by atoms with E-state index in [0.717, 1.165) is 53.4 Å². The van der Waals surface area contributed by atoms with Crippen molar-refractivity contribution in [2.75, 3.05) is 18.8 Å². The average Bonchev–Trinajstić information content (AvgIpc) is 3.03. The molecule has 1 saturated heterocycles. The van der Waals surface area contributed by atoms with E-state index in [0.29, 0.717) is 32.9 Å². The molecule has 0 atom stereocenters. The molecule has 5 rings (SSSR count). The van der Waals surface area contributed by atoms with Gasteiger partial charge in [0.2, 0.25) is 0 Å². The molecule has 1 aromatic heterocycles. The number of piperidine rings is 1. The van der Waals surface area contributed by atoms with Crippen LogP contribution in [-0.2, 0) is 6.42 Å². The number of rotatable bonds is 3. The highest BCUT2D eigenvalue weighted by atomic mass is 35.5. The van der Waals surface area contributed by atoms with E-state index in [1.54, 1.807) is 28.6 Å². The SMILES string of the molecule is O=C(NN1CCCCC1)c1nn(-c2ccc(Cl)cc2Cl)c2c1CCSc1cc(Cl)ccc1-2. The number of hydrogen-bond acceptors (Lipinski definition) is 4. The molecule has 0 spiro atoms. The summed E-state index contributed by atoms with van der Waals surface area (Å²) in [5, 5.41) is 8.47. The van der Waals surface area contributed by atoms with E-state index < -0.39 is 0 Å². The van der Waals surface area contributed by atoms with Crippen LogP contribution >= 0.6 is 46.6 Å². The molecule has 3 aromatic rings. The van der Waals surface area contributed by atoms with Crippen LogP contribution in [-0.4, -0.2) is 39.5 Å². The fourth-order valence-corrected chi connectivity index (χ4v) is 6.03. The molecule has 166 valence electrons. The highest BCUT2D eigenvalue weighted by Crippen LogP contribution is 2.42. The van der Waals surface area contributed by atoms with Crippen molar-refractivity contribution in [1.29, 1.82) is 0 Å². The topological polar surface area (TPSA) is 50.2 Å². The van der Waals surface area contributed by atoms with Crippen LogP contribution in [0.1, 0.15) is 35.3 Å². The Kier molecular flexibility index (Phi) is 6.41. The van der Waals surface area contributed by atoms with Crippen LogP contribution < -0.4 is 5.43 Å². The third-order valence-corrected chi connectivity index (χ3v) is 7.59. The second-order valence-electron chi connectivity index (χ2n) is 7.91. The number of carbonyl (C=O) groups is 1. The molecule has 0 radical (unpaired) electrons. The number of halogens is 3. The van der Waals surface area contributed by atoms with Crippen molar-refractivity contribution in [1.82, 2.24) is 20.2 Å². The maximum atomic E-state index is 13.3. The third kappa shape index (κ3) is 4.27. The molecule has 0 bridgehead atoms. The summed E-state index contributed by atoms with van der Waals surface area (Å²) in [6.07, 6.45) is 4.07. The van der Waals surface area contributed by atoms with Crippen LogP contribution in [0.5, 0.6) is 0 Å². The first-order valence-corrected chi connectivity index (χ1v) is 12.7. The van der Waals surface area contributed by atoms with E-state index in [1.807, 2.05) is 29.3 Å². The van der Waals surface area contributed by atoms with Crippen LogP contribution in [0, 0.1) is 0 Å².